The molecule has 0 aliphatic heterocycles. The summed E-state index contributed by atoms with van der Waals surface area (Å²) in [6.45, 7) is 3.90. The van der Waals surface area contributed by atoms with Crippen LogP contribution in [0.25, 0.3) is 11.0 Å². The van der Waals surface area contributed by atoms with Crippen molar-refractivity contribution in [1.82, 2.24) is 15.0 Å². The van der Waals surface area contributed by atoms with Crippen molar-refractivity contribution in [2.45, 2.75) is 39.3 Å². The number of hydrogen-bond donors (Lipinski definition) is 2. The van der Waals surface area contributed by atoms with Gasteiger partial charge < -0.3 is 10.3 Å². The molecular weight excluding hydrogens is 329 g/mol. The molecule has 132 valence electrons. The molecule has 0 saturated heterocycles. The molecule has 0 bridgehead atoms. The lowest BCUT2D eigenvalue weighted by atomic mass is 10.1. The predicted octanol–water partition coefficient (Wildman–Crippen LogP) is 5.37. The predicted molar refractivity (Wildman–Crippen MR) is 92.0 cm³/mol. The highest BCUT2D eigenvalue weighted by molar-refractivity contribution is 5.89. The Morgan fingerprint density at radius 3 is 2.48 bits per heavy atom. The highest BCUT2D eigenvalue weighted by atomic mass is 19.4. The van der Waals surface area contributed by atoms with Gasteiger partial charge in [-0.25, -0.2) is 9.97 Å². The van der Waals surface area contributed by atoms with Crippen molar-refractivity contribution in [2.75, 3.05) is 5.32 Å². The van der Waals surface area contributed by atoms with Gasteiger partial charge in [0, 0.05) is 11.4 Å². The van der Waals surface area contributed by atoms with Crippen molar-refractivity contribution < 1.29 is 13.2 Å². The number of hydrogen-bond acceptors (Lipinski definition) is 3. The van der Waals surface area contributed by atoms with Crippen LogP contribution in [0.4, 0.5) is 24.7 Å². The van der Waals surface area contributed by atoms with Gasteiger partial charge >= 0.3 is 6.18 Å². The van der Waals surface area contributed by atoms with Crippen molar-refractivity contribution in [2.24, 2.45) is 0 Å². The summed E-state index contributed by atoms with van der Waals surface area (Å²) in [6.07, 6.45) is -1.39. The van der Waals surface area contributed by atoms with E-state index < -0.39 is 12.0 Å². The molecule has 3 aromatic rings. The lowest BCUT2D eigenvalue weighted by Crippen LogP contribution is -2.12. The van der Waals surface area contributed by atoms with Gasteiger partial charge in [0.05, 0.1) is 5.39 Å². The van der Waals surface area contributed by atoms with Crippen molar-refractivity contribution in [3.63, 3.8) is 0 Å². The number of halogens is 3. The molecule has 4 nitrogen and oxygen atoms in total. The second-order valence-electron chi connectivity index (χ2n) is 6.03. The summed E-state index contributed by atoms with van der Waals surface area (Å²) in [5, 5.41) is 3.51. The number of unbranched alkanes of at least 4 members (excludes halogenated alkanes) is 1. The normalized spacial score (nSPS) is 11.9. The SMILES string of the molecule is CCCCc1ccc(Nc2nc(C(F)(F)F)nc3[nH]c(C)cc23)cc1. The Labute approximate surface area is 143 Å². The standard InChI is InChI=1S/C18H19F3N4/c1-3-4-5-12-6-8-13(9-7-12)23-16-14-10-11(2)22-15(14)24-17(25-16)18(19,20)21/h6-10H,3-5H2,1-2H3,(H2,22,23,24,25). The third kappa shape index (κ3) is 3.92. The van der Waals surface area contributed by atoms with Crippen molar-refractivity contribution >= 4 is 22.5 Å². The van der Waals surface area contributed by atoms with Crippen LogP contribution < -0.4 is 5.32 Å². The number of nitrogens with one attached hydrogen (secondary N) is 2. The van der Waals surface area contributed by atoms with Crippen LogP contribution in [0.3, 0.4) is 0 Å². The minimum absolute atomic E-state index is 0.142. The minimum atomic E-state index is -4.60. The monoisotopic (exact) mass is 348 g/mol. The smallest absolute Gasteiger partial charge is 0.343 e. The summed E-state index contributed by atoms with van der Waals surface area (Å²) in [5.41, 5.74) is 2.78. The maximum Gasteiger partial charge on any atom is 0.451 e. The summed E-state index contributed by atoms with van der Waals surface area (Å²) in [6, 6.07) is 9.39. The first-order valence-corrected chi connectivity index (χ1v) is 8.17. The Balaban J connectivity index is 1.94. The summed E-state index contributed by atoms with van der Waals surface area (Å²) in [5.74, 6) is -1.02. The fourth-order valence-electron chi connectivity index (χ4n) is 2.64. The molecule has 7 heteroatoms. The average Bonchev–Trinajstić information content (AvgIpc) is 2.94. The number of benzene rings is 1. The average molecular weight is 348 g/mol. The lowest BCUT2D eigenvalue weighted by Gasteiger charge is -2.11. The second kappa shape index (κ2) is 6.74. The van der Waals surface area contributed by atoms with E-state index in [1.807, 2.05) is 24.3 Å². The summed E-state index contributed by atoms with van der Waals surface area (Å²) < 4.78 is 39.1. The fraction of sp³-hybridized carbons (Fsp3) is 0.333. The number of fused-ring (bicyclic) bond motifs is 1. The molecule has 2 aromatic heterocycles. The van der Waals surface area contributed by atoms with E-state index in [4.69, 9.17) is 0 Å². The molecule has 0 spiro atoms. The number of alkyl halides is 3. The molecule has 0 aliphatic rings. The van der Waals surface area contributed by atoms with Gasteiger partial charge in [0.15, 0.2) is 0 Å². The molecule has 0 fully saturated rings. The molecule has 0 aliphatic carbocycles. The quantitative estimate of drug-likeness (QED) is 0.651. The lowest BCUT2D eigenvalue weighted by molar-refractivity contribution is -0.144. The van der Waals surface area contributed by atoms with E-state index in [1.165, 1.54) is 5.56 Å². The van der Waals surface area contributed by atoms with Crippen LogP contribution in [0, 0.1) is 6.92 Å². The van der Waals surface area contributed by atoms with E-state index in [0.717, 1.165) is 25.0 Å². The zero-order chi connectivity index (χ0) is 18.0. The van der Waals surface area contributed by atoms with Crippen molar-refractivity contribution in [3.05, 3.63) is 47.4 Å². The third-order valence-electron chi connectivity index (χ3n) is 3.91. The number of H-pyrrole nitrogens is 1. The van der Waals surface area contributed by atoms with E-state index in [1.54, 1.807) is 13.0 Å². The molecule has 1 aromatic carbocycles. The molecule has 0 atom stereocenters. The van der Waals surface area contributed by atoms with Gasteiger partial charge in [0.2, 0.25) is 5.82 Å². The van der Waals surface area contributed by atoms with Crippen molar-refractivity contribution in [1.29, 1.82) is 0 Å². The fourth-order valence-corrected chi connectivity index (χ4v) is 2.64. The van der Waals surface area contributed by atoms with E-state index in [0.29, 0.717) is 11.1 Å². The Morgan fingerprint density at radius 1 is 1.12 bits per heavy atom. The zero-order valence-corrected chi connectivity index (χ0v) is 14.0. The maximum atomic E-state index is 13.0. The molecule has 2 N–H and O–H groups in total. The molecule has 0 radical (unpaired) electrons. The summed E-state index contributed by atoms with van der Waals surface area (Å²) >= 11 is 0. The first kappa shape index (κ1) is 17.3. The Morgan fingerprint density at radius 2 is 1.84 bits per heavy atom. The number of aromatic amines is 1. The summed E-state index contributed by atoms with van der Waals surface area (Å²) in [7, 11) is 0. The van der Waals surface area contributed by atoms with Crippen LogP contribution in [-0.2, 0) is 12.6 Å². The minimum Gasteiger partial charge on any atom is -0.343 e. The first-order valence-electron chi connectivity index (χ1n) is 8.17. The van der Waals surface area contributed by atoms with Gasteiger partial charge in [0.25, 0.3) is 0 Å². The van der Waals surface area contributed by atoms with Gasteiger partial charge in [-0.05, 0) is 43.5 Å². The molecule has 0 saturated carbocycles. The van der Waals surface area contributed by atoms with E-state index >= 15 is 0 Å². The zero-order valence-electron chi connectivity index (χ0n) is 14.0. The van der Waals surface area contributed by atoms with Gasteiger partial charge in [-0.3, -0.25) is 0 Å². The molecular formula is C18H19F3N4. The maximum absolute atomic E-state index is 13.0. The molecule has 0 unspecified atom stereocenters. The van der Waals surface area contributed by atoms with Gasteiger partial charge in [-0.15, -0.1) is 0 Å². The number of aromatic nitrogens is 3. The van der Waals surface area contributed by atoms with E-state index in [2.05, 4.69) is 27.2 Å². The van der Waals surface area contributed by atoms with E-state index in [9.17, 15) is 13.2 Å². The summed E-state index contributed by atoms with van der Waals surface area (Å²) in [4.78, 5) is 10.1. The van der Waals surface area contributed by atoms with E-state index in [-0.39, 0.29) is 11.5 Å². The topological polar surface area (TPSA) is 53.6 Å². The van der Waals surface area contributed by atoms with Crippen LogP contribution in [0.1, 0.15) is 36.8 Å². The molecule has 3 rings (SSSR count). The largest absolute Gasteiger partial charge is 0.451 e. The Bertz CT molecular complexity index is 866. The second-order valence-corrected chi connectivity index (χ2v) is 6.03. The van der Waals surface area contributed by atoms with Gasteiger partial charge in [0.1, 0.15) is 11.5 Å². The number of aryl methyl sites for hydroxylation is 2. The molecule has 2 heterocycles. The first-order chi connectivity index (χ1) is 11.9. The highest BCUT2D eigenvalue weighted by Crippen LogP contribution is 2.31. The van der Waals surface area contributed by atoms with Crippen LogP contribution in [0.15, 0.2) is 30.3 Å². The van der Waals surface area contributed by atoms with Crippen LogP contribution >= 0.6 is 0 Å². The van der Waals surface area contributed by atoms with Gasteiger partial charge in [-0.2, -0.15) is 13.2 Å². The number of nitrogens with zero attached hydrogens (tertiary/aromatic N) is 2. The number of anilines is 2. The number of rotatable bonds is 5. The third-order valence-corrected chi connectivity index (χ3v) is 3.91. The van der Waals surface area contributed by atoms with Crippen molar-refractivity contribution in [3.8, 4) is 0 Å². The van der Waals surface area contributed by atoms with Gasteiger partial charge in [-0.1, -0.05) is 25.5 Å². The highest BCUT2D eigenvalue weighted by Gasteiger charge is 2.35. The Kier molecular flexibility index (Phi) is 4.65. The molecule has 0 amide bonds. The van der Waals surface area contributed by atoms with Crippen LogP contribution in [0.2, 0.25) is 0 Å². The van der Waals surface area contributed by atoms with Crippen LogP contribution in [0.5, 0.6) is 0 Å². The Hall–Kier alpha value is -2.57. The molecule has 25 heavy (non-hydrogen) atoms. The van der Waals surface area contributed by atoms with Crippen LogP contribution in [-0.4, -0.2) is 15.0 Å².